The van der Waals surface area contributed by atoms with Crippen molar-refractivity contribution in [3.8, 4) is 0 Å². The summed E-state index contributed by atoms with van der Waals surface area (Å²) in [6.07, 6.45) is 0. The third kappa shape index (κ3) is 1180. The largest absolute Gasteiger partial charge is 2.00 e. The molecule has 64 valence electrons. The summed E-state index contributed by atoms with van der Waals surface area (Å²) in [5.41, 5.74) is 0. The van der Waals surface area contributed by atoms with Crippen molar-refractivity contribution in [2.75, 3.05) is 0 Å². The van der Waals surface area contributed by atoms with Crippen LogP contribution in [0.25, 0.3) is 0 Å². The molecule has 0 saturated carbocycles. The first-order valence-electron chi connectivity index (χ1n) is 0.667. The molecule has 0 amide bonds. The molecular weight excluding hydrogens is 327 g/mol. The van der Waals surface area contributed by atoms with E-state index in [0.717, 1.165) is 0 Å². The van der Waals surface area contributed by atoms with Crippen LogP contribution in [0.1, 0.15) is 0 Å². The summed E-state index contributed by atoms with van der Waals surface area (Å²) in [6, 6.07) is 0. The summed E-state index contributed by atoms with van der Waals surface area (Å²) in [4.78, 5) is 0. The van der Waals surface area contributed by atoms with Gasteiger partial charge in [-0.25, -0.2) is 0 Å². The molecule has 0 atom stereocenters. The average Bonchev–Trinajstić information content (AvgIpc) is 0.722. The van der Waals surface area contributed by atoms with Crippen molar-refractivity contribution < 1.29 is 38.6 Å². The van der Waals surface area contributed by atoms with E-state index >= 15 is 0 Å². The van der Waals surface area contributed by atoms with Crippen molar-refractivity contribution in [2.24, 2.45) is 0 Å². The molecule has 0 aliphatic rings. The van der Waals surface area contributed by atoms with Crippen LogP contribution in [0.4, 0.5) is 0 Å². The first kappa shape index (κ1) is 33.7. The first-order valence-corrected chi connectivity index (χ1v) is 2.00. The molecule has 0 aromatic rings. The molecule has 0 rings (SSSR count). The van der Waals surface area contributed by atoms with Gasteiger partial charge in [0.25, 0.3) is 0 Å². The Bertz CT molecular complexity index is 99.0. The van der Waals surface area contributed by atoms with Crippen molar-refractivity contribution in [1.82, 2.24) is 0 Å². The zero-order valence-electron chi connectivity index (χ0n) is 5.36. The molecule has 0 aliphatic carbocycles. The van der Waals surface area contributed by atoms with Crippen molar-refractivity contribution in [1.29, 1.82) is 0 Å². The predicted molar refractivity (Wildman–Crippen MR) is 29.7 cm³/mol. The fourth-order valence-electron chi connectivity index (χ4n) is 0. The van der Waals surface area contributed by atoms with E-state index in [1.165, 1.54) is 0 Å². The molecule has 0 heterocycles. The van der Waals surface area contributed by atoms with E-state index in [9.17, 15) is 0 Å². The molecule has 0 aliphatic heterocycles. The maximum Gasteiger partial charge on any atom is 2.00 e. The predicted octanol–water partition coefficient (Wildman–Crippen LogP) is 0.0104. The van der Waals surface area contributed by atoms with Gasteiger partial charge in [0.15, 0.2) is 0 Å². The molecule has 9 heavy (non-hydrogen) atoms. The molecule has 4 nitrogen and oxygen atoms in total. The summed E-state index contributed by atoms with van der Waals surface area (Å²) in [6.45, 7) is 0. The van der Waals surface area contributed by atoms with E-state index in [2.05, 4.69) is 0 Å². The van der Waals surface area contributed by atoms with Crippen LogP contribution in [-0.2, 0) is 31.5 Å². The maximum atomic E-state index is 8.52. The van der Waals surface area contributed by atoms with Gasteiger partial charge in [-0.2, -0.15) is 0 Å². The molecule has 0 unspecified atom stereocenters. The molecule has 0 N–H and O–H groups in total. The molecule has 6 heteroatoms. The van der Waals surface area contributed by atoms with E-state index in [1.807, 2.05) is 0 Å². The Kier molecular flexibility index (Phi) is 42.6. The molecule has 0 radical (unpaired) electrons. The van der Waals surface area contributed by atoms with Crippen molar-refractivity contribution >= 4 is 10.4 Å². The van der Waals surface area contributed by atoms with Crippen LogP contribution in [0.5, 0.6) is 0 Å². The minimum absolute atomic E-state index is 0. The van der Waals surface area contributed by atoms with Gasteiger partial charge in [-0.3, -0.25) is 8.42 Å². The molecule has 0 aromatic heterocycles. The fraction of sp³-hybridized carbons (Fsp3) is 0. The van der Waals surface area contributed by atoms with Crippen molar-refractivity contribution in [3.63, 3.8) is 0 Å². The van der Waals surface area contributed by atoms with Crippen LogP contribution < -0.4 is 0 Å². The Hall–Kier alpha value is 0.558. The Morgan fingerprint density at radius 1 is 0.889 bits per heavy atom. The van der Waals surface area contributed by atoms with Gasteiger partial charge in [-0.15, -0.1) is 0 Å². The van der Waals surface area contributed by atoms with E-state index in [0.29, 0.717) is 0 Å². The third-order valence-corrected chi connectivity index (χ3v) is 0. The number of rotatable bonds is 0. The molecule has 0 fully saturated rings. The minimum atomic E-state index is -5.17. The SMILES string of the molecule is O=S(=O)([O-])[O-].[CH3-].[CH3-].[CH3-].[Pt+2]. The Labute approximate surface area is 71.5 Å². The first-order chi connectivity index (χ1) is 2.00. The standard InChI is InChI=1S/3CH3.H2O4S.Pt/c;;;1-5(2,3)4;/h3*1H3;(H2,1,2,3,4);/q3*-1;;+2/p-2. The van der Waals surface area contributed by atoms with Gasteiger partial charge in [0.1, 0.15) is 0 Å². The fourth-order valence-corrected chi connectivity index (χ4v) is 0. The summed E-state index contributed by atoms with van der Waals surface area (Å²) < 4.78 is 34.1. The summed E-state index contributed by atoms with van der Waals surface area (Å²) in [7, 11) is -5.17. The van der Waals surface area contributed by atoms with Gasteiger partial charge in [0.05, 0.1) is 0 Å². The van der Waals surface area contributed by atoms with Gasteiger partial charge >= 0.3 is 21.1 Å². The minimum Gasteiger partial charge on any atom is -0.759 e. The van der Waals surface area contributed by atoms with Crippen LogP contribution in [-0.4, -0.2) is 17.5 Å². The van der Waals surface area contributed by atoms with Gasteiger partial charge in [-0.1, -0.05) is 0 Å². The van der Waals surface area contributed by atoms with Gasteiger partial charge < -0.3 is 31.4 Å². The molecule has 0 bridgehead atoms. The van der Waals surface area contributed by atoms with Gasteiger partial charge in [-0.05, 0) is 0 Å². The zero-order valence-corrected chi connectivity index (χ0v) is 8.45. The molecule has 0 spiro atoms. The Morgan fingerprint density at radius 3 is 0.889 bits per heavy atom. The molecular formula is C3H9O4PtS-3. The van der Waals surface area contributed by atoms with E-state index in [-0.39, 0.29) is 43.3 Å². The maximum absolute atomic E-state index is 8.52. The summed E-state index contributed by atoms with van der Waals surface area (Å²) in [5.74, 6) is 0. The second-order valence-electron chi connectivity index (χ2n) is 0.408. The number of hydrogen-bond acceptors (Lipinski definition) is 4. The zero-order chi connectivity index (χ0) is 4.50. The quantitative estimate of drug-likeness (QED) is 0.355. The smallest absolute Gasteiger partial charge is 0.759 e. The van der Waals surface area contributed by atoms with Crippen molar-refractivity contribution in [2.45, 2.75) is 0 Å². The van der Waals surface area contributed by atoms with E-state index in [4.69, 9.17) is 17.5 Å². The van der Waals surface area contributed by atoms with Gasteiger partial charge in [0.2, 0.25) is 0 Å². The Balaban J connectivity index is -0.0000000133. The van der Waals surface area contributed by atoms with E-state index in [1.54, 1.807) is 0 Å². The summed E-state index contributed by atoms with van der Waals surface area (Å²) in [5, 5.41) is 0. The second-order valence-corrected chi connectivity index (χ2v) is 1.22. The van der Waals surface area contributed by atoms with Crippen LogP contribution in [0, 0.1) is 22.3 Å². The van der Waals surface area contributed by atoms with Gasteiger partial charge in [0, 0.05) is 10.4 Å². The average molecular weight is 336 g/mol. The van der Waals surface area contributed by atoms with Crippen molar-refractivity contribution in [3.05, 3.63) is 22.3 Å². The normalized spacial score (nSPS) is 6.44. The molecule has 0 saturated heterocycles. The third-order valence-electron chi connectivity index (χ3n) is 0. The van der Waals surface area contributed by atoms with Crippen LogP contribution in [0.3, 0.4) is 0 Å². The number of hydrogen-bond donors (Lipinski definition) is 0. The molecule has 0 aromatic carbocycles. The topological polar surface area (TPSA) is 80.3 Å². The van der Waals surface area contributed by atoms with Crippen LogP contribution in [0.15, 0.2) is 0 Å². The van der Waals surface area contributed by atoms with Crippen LogP contribution >= 0.6 is 0 Å². The second kappa shape index (κ2) is 11.4. The van der Waals surface area contributed by atoms with Crippen LogP contribution in [0.2, 0.25) is 0 Å². The summed E-state index contributed by atoms with van der Waals surface area (Å²) >= 11 is 0. The van der Waals surface area contributed by atoms with E-state index < -0.39 is 10.4 Å². The monoisotopic (exact) mass is 336 g/mol. The Morgan fingerprint density at radius 2 is 0.889 bits per heavy atom.